The standard InChI is InChI=1S/C25H25F2N/c1-2-16-3-8-20-12-21(10-9-19(20)11-16)22-13-23(26)25(24(27)14-22)18-6-4-17(15-28)5-7-18/h2,4-7,13-14,16,19-21H,1,3,8-12H2. The summed E-state index contributed by atoms with van der Waals surface area (Å²) in [5, 5.41) is 8.90. The molecule has 0 radical (unpaired) electrons. The summed E-state index contributed by atoms with van der Waals surface area (Å²) in [4.78, 5) is 0. The number of allylic oxidation sites excluding steroid dienone is 1. The number of benzene rings is 2. The highest BCUT2D eigenvalue weighted by Gasteiger charge is 2.35. The minimum absolute atomic E-state index is 0.00610. The van der Waals surface area contributed by atoms with Crippen LogP contribution in [0.2, 0.25) is 0 Å². The molecule has 0 bridgehead atoms. The highest BCUT2D eigenvalue weighted by atomic mass is 19.1. The summed E-state index contributed by atoms with van der Waals surface area (Å²) >= 11 is 0. The van der Waals surface area contributed by atoms with Crippen molar-refractivity contribution in [3.63, 3.8) is 0 Å². The molecule has 0 aromatic heterocycles. The molecule has 2 aromatic carbocycles. The van der Waals surface area contributed by atoms with Gasteiger partial charge in [-0.05, 0) is 97.6 Å². The molecule has 0 saturated heterocycles. The lowest BCUT2D eigenvalue weighted by Gasteiger charge is -2.41. The normalized spacial score (nSPS) is 26.9. The summed E-state index contributed by atoms with van der Waals surface area (Å²) < 4.78 is 29.7. The molecule has 2 aliphatic rings. The van der Waals surface area contributed by atoms with Gasteiger partial charge >= 0.3 is 0 Å². The number of hydrogen-bond acceptors (Lipinski definition) is 1. The highest BCUT2D eigenvalue weighted by Crippen LogP contribution is 2.48. The van der Waals surface area contributed by atoms with Gasteiger partial charge in [0.05, 0.1) is 17.2 Å². The van der Waals surface area contributed by atoms with Crippen LogP contribution in [0.3, 0.4) is 0 Å². The maximum absolute atomic E-state index is 14.8. The van der Waals surface area contributed by atoms with Gasteiger partial charge in [0.1, 0.15) is 11.6 Å². The molecule has 0 heterocycles. The van der Waals surface area contributed by atoms with Gasteiger partial charge in [0.25, 0.3) is 0 Å². The van der Waals surface area contributed by atoms with Gasteiger partial charge in [-0.2, -0.15) is 5.26 Å². The van der Waals surface area contributed by atoms with E-state index in [1.807, 2.05) is 6.07 Å². The first-order valence-electron chi connectivity index (χ1n) is 10.2. The Morgan fingerprint density at radius 3 is 2.21 bits per heavy atom. The van der Waals surface area contributed by atoms with Gasteiger partial charge in [-0.3, -0.25) is 0 Å². The van der Waals surface area contributed by atoms with E-state index in [0.717, 1.165) is 30.7 Å². The van der Waals surface area contributed by atoms with Gasteiger partial charge in [-0.15, -0.1) is 6.58 Å². The Bertz CT molecular complexity index is 886. The van der Waals surface area contributed by atoms with E-state index in [0.29, 0.717) is 23.0 Å². The molecule has 2 fully saturated rings. The average molecular weight is 377 g/mol. The summed E-state index contributed by atoms with van der Waals surface area (Å²) in [6.45, 7) is 3.95. The van der Waals surface area contributed by atoms with Crippen LogP contribution in [-0.4, -0.2) is 0 Å². The van der Waals surface area contributed by atoms with Crippen LogP contribution in [0.4, 0.5) is 8.78 Å². The van der Waals surface area contributed by atoms with Gasteiger partial charge in [0, 0.05) is 0 Å². The predicted molar refractivity (Wildman–Crippen MR) is 108 cm³/mol. The summed E-state index contributed by atoms with van der Waals surface area (Å²) in [5.41, 5.74) is 1.72. The number of fused-ring (bicyclic) bond motifs is 1. The second-order valence-electron chi connectivity index (χ2n) is 8.39. The number of nitrogens with zero attached hydrogens (tertiary/aromatic N) is 1. The van der Waals surface area contributed by atoms with E-state index in [1.165, 1.54) is 31.4 Å². The molecule has 2 aromatic rings. The molecule has 0 N–H and O–H groups in total. The summed E-state index contributed by atoms with van der Waals surface area (Å²) in [7, 11) is 0. The van der Waals surface area contributed by atoms with Crippen LogP contribution < -0.4 is 0 Å². The quantitative estimate of drug-likeness (QED) is 0.529. The van der Waals surface area contributed by atoms with E-state index in [2.05, 4.69) is 12.7 Å². The van der Waals surface area contributed by atoms with Crippen LogP contribution >= 0.6 is 0 Å². The largest absolute Gasteiger partial charge is 0.206 e. The third kappa shape index (κ3) is 3.61. The van der Waals surface area contributed by atoms with Gasteiger partial charge in [0.15, 0.2) is 0 Å². The molecular weight excluding hydrogens is 352 g/mol. The first-order chi connectivity index (χ1) is 13.6. The second kappa shape index (κ2) is 7.87. The number of nitriles is 1. The first-order valence-corrected chi connectivity index (χ1v) is 10.2. The third-order valence-electron chi connectivity index (χ3n) is 6.83. The minimum atomic E-state index is -0.516. The SMILES string of the molecule is C=CC1CCC2CC(c3cc(F)c(-c4ccc(C#N)cc4)c(F)c3)CCC2C1. The van der Waals surface area contributed by atoms with Gasteiger partial charge in [-0.25, -0.2) is 8.78 Å². The van der Waals surface area contributed by atoms with Crippen molar-refractivity contribution in [2.75, 3.05) is 0 Å². The lowest BCUT2D eigenvalue weighted by molar-refractivity contribution is 0.133. The van der Waals surface area contributed by atoms with Gasteiger partial charge in [0.2, 0.25) is 0 Å². The highest BCUT2D eigenvalue weighted by molar-refractivity contribution is 5.66. The minimum Gasteiger partial charge on any atom is -0.206 e. The van der Waals surface area contributed by atoms with Crippen molar-refractivity contribution in [1.82, 2.24) is 0 Å². The molecule has 0 amide bonds. The summed E-state index contributed by atoms with van der Waals surface area (Å²) in [6.07, 6.45) is 8.88. The Hall–Kier alpha value is -2.47. The maximum atomic E-state index is 14.8. The van der Waals surface area contributed by atoms with Crippen LogP contribution in [0.25, 0.3) is 11.1 Å². The van der Waals surface area contributed by atoms with Crippen LogP contribution in [0.1, 0.15) is 55.6 Å². The van der Waals surface area contributed by atoms with E-state index in [9.17, 15) is 8.78 Å². The molecule has 1 nitrogen and oxygen atoms in total. The smallest absolute Gasteiger partial charge is 0.134 e. The molecule has 3 heteroatoms. The topological polar surface area (TPSA) is 23.8 Å². The molecule has 0 spiro atoms. The molecule has 144 valence electrons. The van der Waals surface area contributed by atoms with Crippen molar-refractivity contribution < 1.29 is 8.78 Å². The van der Waals surface area contributed by atoms with Gasteiger partial charge in [-0.1, -0.05) is 18.2 Å². The molecule has 28 heavy (non-hydrogen) atoms. The number of halogens is 2. The summed E-state index contributed by atoms with van der Waals surface area (Å²) in [6, 6.07) is 11.4. The molecule has 4 rings (SSSR count). The molecule has 2 aliphatic carbocycles. The number of rotatable bonds is 3. The fourth-order valence-corrected chi connectivity index (χ4v) is 5.26. The van der Waals surface area contributed by atoms with Crippen molar-refractivity contribution in [2.24, 2.45) is 17.8 Å². The molecular formula is C25H25F2N. The zero-order chi connectivity index (χ0) is 19.7. The Kier molecular flexibility index (Phi) is 5.31. The van der Waals surface area contributed by atoms with Crippen molar-refractivity contribution >= 4 is 0 Å². The van der Waals surface area contributed by atoms with Crippen molar-refractivity contribution in [2.45, 2.75) is 44.4 Å². The monoisotopic (exact) mass is 377 g/mol. The average Bonchev–Trinajstić information content (AvgIpc) is 2.73. The lowest BCUT2D eigenvalue weighted by Crippen LogP contribution is -2.30. The fraction of sp³-hybridized carbons (Fsp3) is 0.400. The van der Waals surface area contributed by atoms with E-state index < -0.39 is 11.6 Å². The number of hydrogen-bond donors (Lipinski definition) is 0. The van der Waals surface area contributed by atoms with E-state index in [4.69, 9.17) is 5.26 Å². The van der Waals surface area contributed by atoms with Crippen molar-refractivity contribution in [3.8, 4) is 17.2 Å². The van der Waals surface area contributed by atoms with Crippen molar-refractivity contribution in [3.05, 3.63) is 71.8 Å². The zero-order valence-electron chi connectivity index (χ0n) is 16.0. The third-order valence-corrected chi connectivity index (χ3v) is 6.83. The van der Waals surface area contributed by atoms with Gasteiger partial charge < -0.3 is 0 Å². The first kappa shape index (κ1) is 18.9. The fourth-order valence-electron chi connectivity index (χ4n) is 5.26. The molecule has 2 saturated carbocycles. The summed E-state index contributed by atoms with van der Waals surface area (Å²) in [5.74, 6) is 1.24. The Balaban J connectivity index is 1.55. The van der Waals surface area contributed by atoms with Crippen LogP contribution in [0.5, 0.6) is 0 Å². The molecule has 4 atom stereocenters. The Morgan fingerprint density at radius 1 is 0.929 bits per heavy atom. The van der Waals surface area contributed by atoms with E-state index in [1.54, 1.807) is 24.3 Å². The van der Waals surface area contributed by atoms with E-state index >= 15 is 0 Å². The van der Waals surface area contributed by atoms with Crippen molar-refractivity contribution in [1.29, 1.82) is 5.26 Å². The van der Waals surface area contributed by atoms with Crippen LogP contribution in [-0.2, 0) is 0 Å². The van der Waals surface area contributed by atoms with E-state index in [-0.39, 0.29) is 11.5 Å². The zero-order valence-corrected chi connectivity index (χ0v) is 16.0. The Labute approximate surface area is 165 Å². The Morgan fingerprint density at radius 2 is 1.57 bits per heavy atom. The predicted octanol–water partition coefficient (Wildman–Crippen LogP) is 6.99. The second-order valence-corrected chi connectivity index (χ2v) is 8.39. The van der Waals surface area contributed by atoms with Crippen LogP contribution in [0.15, 0.2) is 49.1 Å². The molecule has 0 aliphatic heterocycles. The molecule has 4 unspecified atom stereocenters. The lowest BCUT2D eigenvalue weighted by atomic mass is 9.64. The maximum Gasteiger partial charge on any atom is 0.134 e. The van der Waals surface area contributed by atoms with Crippen LogP contribution in [0, 0.1) is 40.7 Å².